The molecule has 0 unspecified atom stereocenters. The quantitative estimate of drug-likeness (QED) is 0.512. The molecule has 0 saturated carbocycles. The van der Waals surface area contributed by atoms with Gasteiger partial charge in [0.15, 0.2) is 0 Å². The van der Waals surface area contributed by atoms with Crippen molar-refractivity contribution in [3.05, 3.63) is 88.5 Å². The fourth-order valence-electron chi connectivity index (χ4n) is 3.03. The maximum absolute atomic E-state index is 13.1. The minimum Gasteiger partial charge on any atom is -0.494 e. The van der Waals surface area contributed by atoms with Gasteiger partial charge in [-0.3, -0.25) is 4.79 Å². The molecule has 2 aromatic heterocycles. The van der Waals surface area contributed by atoms with E-state index in [1.165, 1.54) is 36.8 Å². The molecule has 4 aromatic rings. The number of pyridine rings is 1. The molecule has 0 aliphatic carbocycles. The van der Waals surface area contributed by atoms with Gasteiger partial charge in [-0.1, -0.05) is 24.3 Å². The highest BCUT2D eigenvalue weighted by atomic mass is 19.4. The molecule has 0 radical (unpaired) electrons. The lowest BCUT2D eigenvalue weighted by molar-refractivity contribution is -0.137. The van der Waals surface area contributed by atoms with E-state index in [1.54, 1.807) is 24.3 Å². The summed E-state index contributed by atoms with van der Waals surface area (Å²) in [7, 11) is 0. The Morgan fingerprint density at radius 1 is 0.967 bits per heavy atom. The summed E-state index contributed by atoms with van der Waals surface area (Å²) in [6.07, 6.45) is -0.347. The molecule has 0 bridgehead atoms. The smallest absolute Gasteiger partial charge is 0.416 e. The molecule has 0 aliphatic heterocycles. The van der Waals surface area contributed by atoms with E-state index in [0.717, 1.165) is 16.7 Å². The van der Waals surface area contributed by atoms with Gasteiger partial charge in [-0.15, -0.1) is 0 Å². The summed E-state index contributed by atoms with van der Waals surface area (Å²) in [5, 5.41) is 11.4. The Morgan fingerprint density at radius 2 is 1.67 bits per heavy atom. The molecule has 1 N–H and O–H groups in total. The minimum atomic E-state index is -4.60. The Bertz CT molecular complexity index is 1320. The summed E-state index contributed by atoms with van der Waals surface area (Å²) in [4.78, 5) is 25.0. The molecule has 9 heteroatoms. The van der Waals surface area contributed by atoms with Gasteiger partial charge >= 0.3 is 6.18 Å². The lowest BCUT2D eigenvalue weighted by Crippen LogP contribution is -2.20. The van der Waals surface area contributed by atoms with E-state index in [0.29, 0.717) is 5.39 Å². The van der Waals surface area contributed by atoms with Gasteiger partial charge in [-0.05, 0) is 30.3 Å². The van der Waals surface area contributed by atoms with Crippen LogP contribution in [0.2, 0.25) is 0 Å². The van der Waals surface area contributed by atoms with Crippen LogP contribution < -0.4 is 5.56 Å². The summed E-state index contributed by atoms with van der Waals surface area (Å²) in [6, 6.07) is 12.2. The van der Waals surface area contributed by atoms with E-state index >= 15 is 0 Å². The number of hydrogen-bond acceptors (Lipinski definition) is 5. The van der Waals surface area contributed by atoms with Crippen LogP contribution in [0.4, 0.5) is 19.1 Å². The average Bonchev–Trinajstić information content (AvgIpc) is 2.74. The Hall–Kier alpha value is -4.01. The molecule has 0 fully saturated rings. The molecule has 0 saturated heterocycles. The normalized spacial score (nSPS) is 12.0. The summed E-state index contributed by atoms with van der Waals surface area (Å²) < 4.78 is 40.2. The van der Waals surface area contributed by atoms with Gasteiger partial charge in [-0.25, -0.2) is 19.5 Å². The minimum absolute atomic E-state index is 0.122. The fraction of sp³-hybridized carbons (Fsp3) is 0.0476. The van der Waals surface area contributed by atoms with E-state index in [4.69, 9.17) is 0 Å². The average molecular weight is 410 g/mol. The van der Waals surface area contributed by atoms with Crippen LogP contribution in [0, 0.1) is 0 Å². The molecule has 6 nitrogen and oxygen atoms in total. The van der Waals surface area contributed by atoms with Crippen LogP contribution in [0.15, 0.2) is 76.8 Å². The van der Waals surface area contributed by atoms with E-state index in [-0.39, 0.29) is 22.6 Å². The number of aliphatic imine (C=N–C) groups is 1. The number of nitrogens with zero attached hydrogens (tertiary/aromatic N) is 4. The van der Waals surface area contributed by atoms with Gasteiger partial charge in [-0.2, -0.15) is 13.2 Å². The molecule has 2 heterocycles. The first-order valence-corrected chi connectivity index (χ1v) is 8.71. The zero-order chi connectivity index (χ0) is 21.3. The first kappa shape index (κ1) is 19.3. The van der Waals surface area contributed by atoms with E-state index in [2.05, 4.69) is 15.0 Å². The maximum Gasteiger partial charge on any atom is 0.416 e. The number of alkyl halides is 3. The Morgan fingerprint density at radius 3 is 2.37 bits per heavy atom. The molecule has 0 spiro atoms. The van der Waals surface area contributed by atoms with Gasteiger partial charge < -0.3 is 5.11 Å². The molecule has 150 valence electrons. The molecule has 30 heavy (non-hydrogen) atoms. The van der Waals surface area contributed by atoms with Gasteiger partial charge in [0.1, 0.15) is 0 Å². The SMILES string of the molecule is O=c1c2ccccc2c(/C=N/c2ncccn2)c(O)n1-c1cccc(C(F)(F)F)c1. The van der Waals surface area contributed by atoms with Gasteiger partial charge in [0.25, 0.3) is 5.56 Å². The van der Waals surface area contributed by atoms with Crippen molar-refractivity contribution in [2.75, 3.05) is 0 Å². The lowest BCUT2D eigenvalue weighted by atomic mass is 10.1. The topological polar surface area (TPSA) is 80.4 Å². The fourth-order valence-corrected chi connectivity index (χ4v) is 3.03. The summed E-state index contributed by atoms with van der Waals surface area (Å²) in [6.45, 7) is 0. The van der Waals surface area contributed by atoms with Crippen molar-refractivity contribution in [3.63, 3.8) is 0 Å². The van der Waals surface area contributed by atoms with E-state index in [1.807, 2.05) is 0 Å². The van der Waals surface area contributed by atoms with Crippen LogP contribution in [0.1, 0.15) is 11.1 Å². The highest BCUT2D eigenvalue weighted by molar-refractivity contribution is 6.02. The van der Waals surface area contributed by atoms with Crippen LogP contribution in [-0.4, -0.2) is 25.9 Å². The molecule has 2 aromatic carbocycles. The third-order valence-corrected chi connectivity index (χ3v) is 4.40. The van der Waals surface area contributed by atoms with Crippen molar-refractivity contribution >= 4 is 22.9 Å². The summed E-state index contributed by atoms with van der Waals surface area (Å²) >= 11 is 0. The molecular formula is C21H13F3N4O2. The Labute approximate surface area is 167 Å². The standard InChI is InChI=1S/C21H13F3N4O2/c22-21(23,24)13-5-3-6-14(11-13)28-18(29)16-8-2-1-7-15(16)17(19(28)30)12-27-20-25-9-4-10-26-20/h1-12,30H/b27-12+. The summed E-state index contributed by atoms with van der Waals surface area (Å²) in [5.74, 6) is -0.421. The zero-order valence-corrected chi connectivity index (χ0v) is 15.2. The van der Waals surface area contributed by atoms with Gasteiger partial charge in [0.2, 0.25) is 11.8 Å². The highest BCUT2D eigenvalue weighted by Gasteiger charge is 2.31. The van der Waals surface area contributed by atoms with Crippen molar-refractivity contribution in [3.8, 4) is 11.6 Å². The predicted molar refractivity (Wildman–Crippen MR) is 105 cm³/mol. The van der Waals surface area contributed by atoms with Gasteiger partial charge in [0, 0.05) is 29.4 Å². The number of hydrogen-bond donors (Lipinski definition) is 1. The van der Waals surface area contributed by atoms with Crippen LogP contribution in [0.25, 0.3) is 16.5 Å². The second-order valence-electron chi connectivity index (χ2n) is 6.28. The largest absolute Gasteiger partial charge is 0.494 e. The summed E-state index contributed by atoms with van der Waals surface area (Å²) in [5.41, 5.74) is -1.57. The van der Waals surface area contributed by atoms with E-state index < -0.39 is 23.2 Å². The van der Waals surface area contributed by atoms with Crippen molar-refractivity contribution < 1.29 is 18.3 Å². The molecule has 0 aliphatic rings. The number of fused-ring (bicyclic) bond motifs is 1. The Balaban J connectivity index is 1.98. The van der Waals surface area contributed by atoms with Crippen molar-refractivity contribution in [2.45, 2.75) is 6.18 Å². The van der Waals surface area contributed by atoms with Crippen LogP contribution in [0.3, 0.4) is 0 Å². The third kappa shape index (κ3) is 3.52. The predicted octanol–water partition coefficient (Wildman–Crippen LogP) is 4.26. The van der Waals surface area contributed by atoms with Crippen molar-refractivity contribution in [2.24, 2.45) is 4.99 Å². The number of benzene rings is 2. The maximum atomic E-state index is 13.1. The van der Waals surface area contributed by atoms with Crippen molar-refractivity contribution in [1.29, 1.82) is 0 Å². The number of aromatic hydroxyl groups is 1. The lowest BCUT2D eigenvalue weighted by Gasteiger charge is -2.15. The first-order valence-electron chi connectivity index (χ1n) is 8.71. The number of rotatable bonds is 3. The molecule has 0 atom stereocenters. The molecular weight excluding hydrogens is 397 g/mol. The Kier molecular flexibility index (Phi) is 4.78. The number of halogens is 3. The molecule has 0 amide bonds. The van der Waals surface area contributed by atoms with Crippen LogP contribution >= 0.6 is 0 Å². The second-order valence-corrected chi connectivity index (χ2v) is 6.28. The van der Waals surface area contributed by atoms with Crippen LogP contribution in [0.5, 0.6) is 5.88 Å². The van der Waals surface area contributed by atoms with E-state index in [9.17, 15) is 23.1 Å². The first-order chi connectivity index (χ1) is 14.4. The zero-order valence-electron chi connectivity index (χ0n) is 15.2. The monoisotopic (exact) mass is 410 g/mol. The van der Waals surface area contributed by atoms with Crippen molar-refractivity contribution in [1.82, 2.24) is 14.5 Å². The van der Waals surface area contributed by atoms with Crippen LogP contribution in [-0.2, 0) is 6.18 Å². The highest BCUT2D eigenvalue weighted by Crippen LogP contribution is 2.32. The molecule has 4 rings (SSSR count). The number of aromatic nitrogens is 3. The second kappa shape index (κ2) is 7.43. The third-order valence-electron chi connectivity index (χ3n) is 4.40. The van der Waals surface area contributed by atoms with Gasteiger partial charge in [0.05, 0.1) is 16.8 Å².